The Labute approximate surface area is 253 Å². The van der Waals surface area contributed by atoms with Gasteiger partial charge in [0.15, 0.2) is 5.82 Å². The van der Waals surface area contributed by atoms with E-state index in [1.54, 1.807) is 0 Å². The Hall–Kier alpha value is -6.00. The summed E-state index contributed by atoms with van der Waals surface area (Å²) in [6.07, 6.45) is 0. The number of furan rings is 1. The Morgan fingerprint density at radius 1 is 0.455 bits per heavy atom. The van der Waals surface area contributed by atoms with Crippen LogP contribution in [-0.2, 0) is 0 Å². The van der Waals surface area contributed by atoms with Gasteiger partial charge in [-0.05, 0) is 53.6 Å². The molecule has 0 saturated heterocycles. The molecule has 0 unspecified atom stereocenters. The maximum Gasteiger partial charge on any atom is 0.231 e. The minimum atomic E-state index is 0.586. The molecule has 44 heavy (non-hydrogen) atoms. The van der Waals surface area contributed by atoms with E-state index in [2.05, 4.69) is 132 Å². The Bertz CT molecular complexity index is 2490. The van der Waals surface area contributed by atoms with E-state index in [1.165, 1.54) is 16.3 Å². The van der Waals surface area contributed by atoms with E-state index in [0.29, 0.717) is 11.5 Å². The molecule has 0 radical (unpaired) electrons. The lowest BCUT2D eigenvalue weighted by Crippen LogP contribution is -1.95. The summed E-state index contributed by atoms with van der Waals surface area (Å²) in [4.78, 5) is 10.3. The summed E-state index contributed by atoms with van der Waals surface area (Å²) in [6.45, 7) is 0. The summed E-state index contributed by atoms with van der Waals surface area (Å²) in [6, 6.07) is 52.7. The third-order valence-electron chi connectivity index (χ3n) is 8.43. The highest BCUT2D eigenvalue weighted by Gasteiger charge is 2.20. The van der Waals surface area contributed by atoms with Gasteiger partial charge in [0.05, 0.1) is 22.1 Å². The lowest BCUT2D eigenvalue weighted by molar-refractivity contribution is 0.653. The number of para-hydroxylation sites is 3. The molecular weight excluding hydrogens is 538 g/mol. The van der Waals surface area contributed by atoms with Crippen LogP contribution in [-0.4, -0.2) is 14.5 Å². The molecule has 0 fully saturated rings. The van der Waals surface area contributed by atoms with Crippen LogP contribution in [0.3, 0.4) is 0 Å². The van der Waals surface area contributed by atoms with Gasteiger partial charge in [-0.15, -0.1) is 0 Å². The topological polar surface area (TPSA) is 43.9 Å². The van der Waals surface area contributed by atoms with Crippen LogP contribution in [0.25, 0.3) is 83.3 Å². The summed E-state index contributed by atoms with van der Waals surface area (Å²) in [5.74, 6) is 0.635. The maximum atomic E-state index is 6.36. The Balaban J connectivity index is 1.31. The minimum absolute atomic E-state index is 0.586. The van der Waals surface area contributed by atoms with Crippen molar-refractivity contribution in [2.45, 2.75) is 0 Å². The quantitative estimate of drug-likeness (QED) is 0.214. The number of hydrogen-bond donors (Lipinski definition) is 0. The van der Waals surface area contributed by atoms with Gasteiger partial charge in [-0.2, -0.15) is 4.98 Å². The van der Waals surface area contributed by atoms with Crippen molar-refractivity contribution in [3.8, 4) is 39.5 Å². The van der Waals surface area contributed by atoms with Crippen molar-refractivity contribution in [1.29, 1.82) is 0 Å². The average Bonchev–Trinajstić information content (AvgIpc) is 3.64. The van der Waals surface area contributed by atoms with E-state index < -0.39 is 0 Å². The highest BCUT2D eigenvalue weighted by Crippen LogP contribution is 2.39. The van der Waals surface area contributed by atoms with E-state index in [1.807, 2.05) is 24.3 Å². The molecule has 0 aliphatic heterocycles. The fraction of sp³-hybridized carbons (Fsp3) is 0. The second-order valence-corrected chi connectivity index (χ2v) is 11.0. The van der Waals surface area contributed by atoms with E-state index >= 15 is 0 Å². The van der Waals surface area contributed by atoms with Gasteiger partial charge >= 0.3 is 0 Å². The molecule has 3 heterocycles. The molecule has 6 aromatic carbocycles. The van der Waals surface area contributed by atoms with Crippen molar-refractivity contribution in [2.75, 3.05) is 0 Å². The standard InChI is InChI=1S/C40H25N3O/c1-3-12-26(13-4-1)27-14-11-15-29(24-27)39-41-38(37-32-19-8-10-21-36(32)44-40(37)42-39)28-22-23-35-33(25-28)31-18-7-9-20-34(31)43(35)30-16-5-2-6-17-30/h1-25H. The van der Waals surface area contributed by atoms with E-state index in [0.717, 1.165) is 55.5 Å². The molecule has 0 atom stereocenters. The van der Waals surface area contributed by atoms with Crippen molar-refractivity contribution < 1.29 is 4.42 Å². The summed E-state index contributed by atoms with van der Waals surface area (Å²) >= 11 is 0. The first-order chi connectivity index (χ1) is 21.8. The zero-order valence-corrected chi connectivity index (χ0v) is 23.7. The second-order valence-electron chi connectivity index (χ2n) is 11.0. The molecule has 4 heteroatoms. The Morgan fingerprint density at radius 3 is 2.00 bits per heavy atom. The maximum absolute atomic E-state index is 6.36. The van der Waals surface area contributed by atoms with Crippen molar-refractivity contribution in [3.05, 3.63) is 152 Å². The summed E-state index contributed by atoms with van der Waals surface area (Å²) < 4.78 is 8.69. The number of fused-ring (bicyclic) bond motifs is 6. The highest BCUT2D eigenvalue weighted by molar-refractivity contribution is 6.14. The summed E-state index contributed by atoms with van der Waals surface area (Å²) in [7, 11) is 0. The first kappa shape index (κ1) is 24.6. The van der Waals surface area contributed by atoms with Gasteiger partial charge in [0.2, 0.25) is 5.71 Å². The number of hydrogen-bond acceptors (Lipinski definition) is 3. The molecule has 0 bridgehead atoms. The summed E-state index contributed by atoms with van der Waals surface area (Å²) in [5.41, 5.74) is 9.94. The van der Waals surface area contributed by atoms with Crippen LogP contribution in [0.4, 0.5) is 0 Å². The number of aromatic nitrogens is 3. The molecule has 0 saturated carbocycles. The average molecular weight is 564 g/mol. The van der Waals surface area contributed by atoms with E-state index in [-0.39, 0.29) is 0 Å². The fourth-order valence-corrected chi connectivity index (χ4v) is 6.41. The molecule has 3 aromatic heterocycles. The Morgan fingerprint density at radius 2 is 1.14 bits per heavy atom. The van der Waals surface area contributed by atoms with Gasteiger partial charge in [0, 0.05) is 33.0 Å². The van der Waals surface area contributed by atoms with Gasteiger partial charge in [0.25, 0.3) is 0 Å². The van der Waals surface area contributed by atoms with Gasteiger partial charge < -0.3 is 8.98 Å². The smallest absolute Gasteiger partial charge is 0.231 e. The first-order valence-corrected chi connectivity index (χ1v) is 14.8. The van der Waals surface area contributed by atoms with Crippen LogP contribution in [0.2, 0.25) is 0 Å². The third kappa shape index (κ3) is 3.85. The molecular formula is C40H25N3O. The molecule has 0 N–H and O–H groups in total. The summed E-state index contributed by atoms with van der Waals surface area (Å²) in [5, 5.41) is 4.31. The molecule has 0 amide bonds. The van der Waals surface area contributed by atoms with Crippen LogP contribution < -0.4 is 0 Å². The molecule has 4 nitrogen and oxygen atoms in total. The monoisotopic (exact) mass is 563 g/mol. The molecule has 0 aliphatic rings. The van der Waals surface area contributed by atoms with Crippen LogP contribution in [0.5, 0.6) is 0 Å². The molecule has 9 rings (SSSR count). The fourth-order valence-electron chi connectivity index (χ4n) is 6.41. The van der Waals surface area contributed by atoms with Gasteiger partial charge in [0.1, 0.15) is 5.58 Å². The second kappa shape index (κ2) is 9.79. The van der Waals surface area contributed by atoms with Crippen molar-refractivity contribution in [1.82, 2.24) is 14.5 Å². The van der Waals surface area contributed by atoms with E-state index in [9.17, 15) is 0 Å². The lowest BCUT2D eigenvalue weighted by atomic mass is 10.0. The van der Waals surface area contributed by atoms with Crippen LogP contribution in [0.15, 0.2) is 156 Å². The van der Waals surface area contributed by atoms with Gasteiger partial charge in [-0.3, -0.25) is 0 Å². The Kier molecular flexibility index (Phi) is 5.47. The predicted molar refractivity (Wildman–Crippen MR) is 180 cm³/mol. The number of benzene rings is 6. The molecule has 9 aromatic rings. The third-order valence-corrected chi connectivity index (χ3v) is 8.43. The van der Waals surface area contributed by atoms with Crippen LogP contribution in [0, 0.1) is 0 Å². The zero-order chi connectivity index (χ0) is 29.0. The molecule has 0 spiro atoms. The number of rotatable bonds is 4. The van der Waals surface area contributed by atoms with E-state index in [4.69, 9.17) is 14.4 Å². The largest absolute Gasteiger partial charge is 0.438 e. The van der Waals surface area contributed by atoms with Crippen LogP contribution >= 0.6 is 0 Å². The lowest BCUT2D eigenvalue weighted by Gasteiger charge is -2.10. The SMILES string of the molecule is c1ccc(-c2cccc(-c3nc(-c4ccc5c(c4)c4ccccc4n5-c4ccccc4)c4c(n3)oc3ccccc34)c2)cc1. The first-order valence-electron chi connectivity index (χ1n) is 14.8. The van der Waals surface area contributed by atoms with Crippen molar-refractivity contribution >= 4 is 43.9 Å². The molecule has 206 valence electrons. The van der Waals surface area contributed by atoms with Crippen molar-refractivity contribution in [3.63, 3.8) is 0 Å². The molecule has 0 aliphatic carbocycles. The zero-order valence-electron chi connectivity index (χ0n) is 23.7. The van der Waals surface area contributed by atoms with Gasteiger partial charge in [-0.1, -0.05) is 109 Å². The highest BCUT2D eigenvalue weighted by atomic mass is 16.3. The normalized spacial score (nSPS) is 11.6. The van der Waals surface area contributed by atoms with Gasteiger partial charge in [-0.25, -0.2) is 4.98 Å². The van der Waals surface area contributed by atoms with Crippen molar-refractivity contribution in [2.24, 2.45) is 0 Å². The van der Waals surface area contributed by atoms with Crippen LogP contribution in [0.1, 0.15) is 0 Å². The predicted octanol–water partition coefficient (Wildman–Crippen LogP) is 10.5. The number of nitrogens with zero attached hydrogens (tertiary/aromatic N) is 3. The minimum Gasteiger partial charge on any atom is -0.438 e.